The molecule has 120 valence electrons. The third-order valence-corrected chi connectivity index (χ3v) is 3.12. The number of halogens is 2. The van der Waals surface area contributed by atoms with Crippen molar-refractivity contribution < 1.29 is 18.7 Å². The number of carboxylic acid groups (broad SMARTS) is 1. The van der Waals surface area contributed by atoms with Crippen LogP contribution >= 0.6 is 0 Å². The topological polar surface area (TPSA) is 55.1 Å². The van der Waals surface area contributed by atoms with Gasteiger partial charge in [-0.1, -0.05) is 11.6 Å². The van der Waals surface area contributed by atoms with Gasteiger partial charge in [0.1, 0.15) is 0 Å². The fourth-order valence-electron chi connectivity index (χ4n) is 2.01. The van der Waals surface area contributed by atoms with Crippen LogP contribution in [0.4, 0.5) is 8.78 Å². The number of aromatic carboxylic acids is 1. The minimum atomic E-state index is -1.15. The predicted octanol–water partition coefficient (Wildman–Crippen LogP) is 4.02. The minimum Gasteiger partial charge on any atom is -0.476 e. The summed E-state index contributed by atoms with van der Waals surface area (Å²) in [5, 5.41) is 13.1. The number of allylic oxidation sites excluding steroid dienone is 3. The smallest absolute Gasteiger partial charge is 0.356 e. The van der Waals surface area contributed by atoms with Crippen LogP contribution in [-0.4, -0.2) is 20.9 Å². The van der Waals surface area contributed by atoms with Gasteiger partial charge in [0.2, 0.25) is 0 Å². The molecule has 0 bridgehead atoms. The molecule has 0 spiro atoms. The second-order valence-corrected chi connectivity index (χ2v) is 5.31. The van der Waals surface area contributed by atoms with Crippen molar-refractivity contribution >= 4 is 11.7 Å². The highest BCUT2D eigenvalue weighted by Crippen LogP contribution is 2.22. The lowest BCUT2D eigenvalue weighted by Crippen LogP contribution is -2.06. The molecule has 1 aromatic heterocycles. The van der Waals surface area contributed by atoms with Crippen molar-refractivity contribution in [1.82, 2.24) is 9.78 Å². The molecule has 4 nitrogen and oxygen atoms in total. The van der Waals surface area contributed by atoms with Crippen LogP contribution in [0.2, 0.25) is 0 Å². The van der Waals surface area contributed by atoms with Crippen LogP contribution in [0.3, 0.4) is 0 Å². The summed E-state index contributed by atoms with van der Waals surface area (Å²) in [7, 11) is 0. The molecule has 1 N–H and O–H groups in total. The Bertz CT molecular complexity index is 816. The second-order valence-electron chi connectivity index (χ2n) is 5.31. The molecule has 0 aliphatic heterocycles. The van der Waals surface area contributed by atoms with E-state index in [1.165, 1.54) is 16.8 Å². The summed E-state index contributed by atoms with van der Waals surface area (Å²) in [6.45, 7) is 5.46. The van der Waals surface area contributed by atoms with Gasteiger partial charge in [-0.3, -0.25) is 0 Å². The van der Waals surface area contributed by atoms with Crippen LogP contribution in [-0.2, 0) is 0 Å². The summed E-state index contributed by atoms with van der Waals surface area (Å²) >= 11 is 0. The highest BCUT2D eigenvalue weighted by atomic mass is 19.2. The summed E-state index contributed by atoms with van der Waals surface area (Å²) in [4.78, 5) is 11.1. The van der Waals surface area contributed by atoms with Gasteiger partial charge in [-0.05, 0) is 51.1 Å². The van der Waals surface area contributed by atoms with Crippen LogP contribution in [0.5, 0.6) is 0 Å². The van der Waals surface area contributed by atoms with E-state index in [-0.39, 0.29) is 5.69 Å². The zero-order valence-electron chi connectivity index (χ0n) is 13.0. The van der Waals surface area contributed by atoms with E-state index in [1.54, 1.807) is 19.1 Å². The number of aromatic nitrogens is 2. The number of nitrogens with zero attached hydrogens (tertiary/aromatic N) is 2. The van der Waals surface area contributed by atoms with Crippen molar-refractivity contribution in [3.8, 4) is 0 Å². The first-order valence-electron chi connectivity index (χ1n) is 6.90. The second kappa shape index (κ2) is 6.56. The van der Waals surface area contributed by atoms with Crippen molar-refractivity contribution in [2.24, 2.45) is 0 Å². The van der Waals surface area contributed by atoms with E-state index in [0.717, 1.165) is 17.7 Å². The van der Waals surface area contributed by atoms with Crippen molar-refractivity contribution in [3.63, 3.8) is 0 Å². The van der Waals surface area contributed by atoms with Gasteiger partial charge >= 0.3 is 5.97 Å². The van der Waals surface area contributed by atoms with Gasteiger partial charge < -0.3 is 5.11 Å². The van der Waals surface area contributed by atoms with E-state index >= 15 is 0 Å². The normalized spacial score (nSPS) is 11.4. The van der Waals surface area contributed by atoms with Crippen LogP contribution < -0.4 is 0 Å². The molecule has 1 aromatic carbocycles. The molecule has 0 aliphatic carbocycles. The van der Waals surface area contributed by atoms with E-state index in [2.05, 4.69) is 5.10 Å². The van der Waals surface area contributed by atoms with Crippen LogP contribution in [0.25, 0.3) is 5.70 Å². The van der Waals surface area contributed by atoms with Gasteiger partial charge in [-0.25, -0.2) is 18.3 Å². The first-order chi connectivity index (χ1) is 10.8. The first kappa shape index (κ1) is 16.6. The third-order valence-electron chi connectivity index (χ3n) is 3.12. The molecule has 0 unspecified atom stereocenters. The van der Waals surface area contributed by atoms with E-state index < -0.39 is 17.6 Å². The number of carbonyl (C=O) groups is 1. The lowest BCUT2D eigenvalue weighted by Gasteiger charge is -2.10. The summed E-state index contributed by atoms with van der Waals surface area (Å²) < 4.78 is 28.1. The van der Waals surface area contributed by atoms with Gasteiger partial charge in [0, 0.05) is 11.3 Å². The highest BCUT2D eigenvalue weighted by molar-refractivity contribution is 5.85. The molecule has 0 saturated heterocycles. The summed E-state index contributed by atoms with van der Waals surface area (Å²) in [5.41, 5.74) is 2.29. The molecule has 1 heterocycles. The van der Waals surface area contributed by atoms with Gasteiger partial charge in [0.05, 0.1) is 5.70 Å². The Morgan fingerprint density at radius 2 is 1.87 bits per heavy atom. The SMILES string of the molecule is CC(C)=C/C=C(/c1ccc(F)c(F)c1)n1nc(C(=O)O)cc1C. The molecule has 0 radical (unpaired) electrons. The molecule has 0 aliphatic rings. The lowest BCUT2D eigenvalue weighted by atomic mass is 10.1. The maximum Gasteiger partial charge on any atom is 0.356 e. The van der Waals surface area contributed by atoms with E-state index in [0.29, 0.717) is 17.0 Å². The maximum atomic E-state index is 13.5. The van der Waals surface area contributed by atoms with Crippen LogP contribution in [0.15, 0.2) is 42.0 Å². The number of carboxylic acids is 1. The van der Waals surface area contributed by atoms with Crippen molar-refractivity contribution in [3.05, 3.63) is 70.6 Å². The lowest BCUT2D eigenvalue weighted by molar-refractivity contribution is 0.0690. The summed E-state index contributed by atoms with van der Waals surface area (Å²) in [6.07, 6.45) is 3.48. The first-order valence-corrected chi connectivity index (χ1v) is 6.90. The quantitative estimate of drug-likeness (QED) is 0.866. The Morgan fingerprint density at radius 3 is 2.39 bits per heavy atom. The molecule has 0 fully saturated rings. The maximum absolute atomic E-state index is 13.5. The van der Waals surface area contributed by atoms with E-state index in [1.807, 2.05) is 13.8 Å². The molecular formula is C17H16F2N2O2. The number of aryl methyl sites for hydroxylation is 1. The van der Waals surface area contributed by atoms with Gasteiger partial charge in [-0.15, -0.1) is 0 Å². The Hall–Kier alpha value is -2.76. The average molecular weight is 318 g/mol. The Labute approximate surface area is 132 Å². The Kier molecular flexibility index (Phi) is 4.74. The fourth-order valence-corrected chi connectivity index (χ4v) is 2.01. The van der Waals surface area contributed by atoms with Gasteiger partial charge in [-0.2, -0.15) is 5.10 Å². The van der Waals surface area contributed by atoms with Crippen LogP contribution in [0.1, 0.15) is 35.6 Å². The molecule has 0 saturated carbocycles. The molecule has 0 atom stereocenters. The zero-order chi connectivity index (χ0) is 17.1. The molecular weight excluding hydrogens is 302 g/mol. The minimum absolute atomic E-state index is 0.117. The molecule has 2 rings (SSSR count). The van der Waals surface area contributed by atoms with Gasteiger partial charge in [0.25, 0.3) is 0 Å². The number of hydrogen-bond acceptors (Lipinski definition) is 2. The van der Waals surface area contributed by atoms with Crippen molar-refractivity contribution in [2.45, 2.75) is 20.8 Å². The zero-order valence-corrected chi connectivity index (χ0v) is 13.0. The summed E-state index contributed by atoms with van der Waals surface area (Å²) in [6, 6.07) is 4.92. The fraction of sp³-hybridized carbons (Fsp3) is 0.176. The molecule has 6 heteroatoms. The molecule has 23 heavy (non-hydrogen) atoms. The highest BCUT2D eigenvalue weighted by Gasteiger charge is 2.15. The summed E-state index contributed by atoms with van der Waals surface area (Å²) in [5.74, 6) is -3.08. The molecule has 0 amide bonds. The van der Waals surface area contributed by atoms with Crippen LogP contribution in [0, 0.1) is 18.6 Å². The van der Waals surface area contributed by atoms with E-state index in [4.69, 9.17) is 5.11 Å². The van der Waals surface area contributed by atoms with Crippen molar-refractivity contribution in [2.75, 3.05) is 0 Å². The predicted molar refractivity (Wildman–Crippen MR) is 83.1 cm³/mol. The Balaban J connectivity index is 2.64. The average Bonchev–Trinajstić information content (AvgIpc) is 2.85. The van der Waals surface area contributed by atoms with E-state index in [9.17, 15) is 13.6 Å². The molecule has 2 aromatic rings. The monoisotopic (exact) mass is 318 g/mol. The largest absolute Gasteiger partial charge is 0.476 e. The Morgan fingerprint density at radius 1 is 1.17 bits per heavy atom. The van der Waals surface area contributed by atoms with Crippen molar-refractivity contribution in [1.29, 1.82) is 0 Å². The number of benzene rings is 1. The number of hydrogen-bond donors (Lipinski definition) is 1. The number of rotatable bonds is 4. The third kappa shape index (κ3) is 3.71. The standard InChI is InChI=1S/C17H16F2N2O2/c1-10(2)4-7-16(12-5-6-13(18)14(19)9-12)21-11(3)8-15(20-21)17(22)23/h4-9H,1-3H3,(H,22,23)/b16-7-. The van der Waals surface area contributed by atoms with Gasteiger partial charge in [0.15, 0.2) is 17.3 Å².